The van der Waals surface area contributed by atoms with Gasteiger partial charge in [-0.25, -0.2) is 0 Å². The lowest BCUT2D eigenvalue weighted by Crippen LogP contribution is -2.13. The first-order valence-electron chi connectivity index (χ1n) is 6.30. The zero-order chi connectivity index (χ0) is 15.1. The minimum absolute atomic E-state index is 0.0240. The molecule has 0 saturated heterocycles. The van der Waals surface area contributed by atoms with Gasteiger partial charge >= 0.3 is 11.9 Å². The lowest BCUT2D eigenvalue weighted by Gasteiger charge is -2.06. The first-order valence-corrected chi connectivity index (χ1v) is 6.30. The minimum atomic E-state index is -0.230. The summed E-state index contributed by atoms with van der Waals surface area (Å²) in [7, 11) is 2.90. The molecule has 0 bridgehead atoms. The predicted molar refractivity (Wildman–Crippen MR) is 70.8 cm³/mol. The molecular weight excluding hydrogens is 252 g/mol. The highest BCUT2D eigenvalue weighted by Crippen LogP contribution is 1.93. The van der Waals surface area contributed by atoms with Gasteiger partial charge in [-0.2, -0.15) is 0 Å². The van der Waals surface area contributed by atoms with E-state index in [0.717, 1.165) is 0 Å². The van der Waals surface area contributed by atoms with Crippen molar-refractivity contribution in [3.63, 3.8) is 0 Å². The highest BCUT2D eigenvalue weighted by Gasteiger charge is 2.03. The van der Waals surface area contributed by atoms with E-state index in [4.69, 9.17) is 9.47 Å². The molecule has 0 aromatic heterocycles. The Bertz CT molecular complexity index is 227. The lowest BCUT2D eigenvalue weighted by atomic mass is 10.4. The van der Waals surface area contributed by atoms with E-state index < -0.39 is 0 Å². The summed E-state index contributed by atoms with van der Waals surface area (Å²) >= 11 is 0. The van der Waals surface area contributed by atoms with Gasteiger partial charge in [0.1, 0.15) is 0 Å². The predicted octanol–water partition coefficient (Wildman–Crippen LogP) is 1.56. The van der Waals surface area contributed by atoms with Crippen LogP contribution in [0.4, 0.5) is 0 Å². The number of hydrogen-bond acceptors (Lipinski definition) is 6. The summed E-state index contributed by atoms with van der Waals surface area (Å²) in [6.07, 6.45) is 0.670. The van der Waals surface area contributed by atoms with Crippen molar-refractivity contribution in [3.05, 3.63) is 0 Å². The van der Waals surface area contributed by atoms with Gasteiger partial charge in [-0.05, 0) is 20.8 Å². The summed E-state index contributed by atoms with van der Waals surface area (Å²) in [6.45, 7) is 7.11. The van der Waals surface area contributed by atoms with Crippen molar-refractivity contribution in [2.45, 2.75) is 39.7 Å². The van der Waals surface area contributed by atoms with Gasteiger partial charge in [0.2, 0.25) is 0 Å². The largest absolute Gasteiger partial charge is 0.469 e. The number of carbonyl (C=O) groups excluding carboxylic acids is 2. The first-order chi connectivity index (χ1) is 8.97. The SMILES string of the molecule is CCOCCC(=O)OC(C)C.COCCC(=O)OC. The van der Waals surface area contributed by atoms with E-state index in [9.17, 15) is 9.59 Å². The second kappa shape index (κ2) is 14.9. The normalized spacial score (nSPS) is 9.58. The number of methoxy groups -OCH3 is 2. The van der Waals surface area contributed by atoms with Crippen molar-refractivity contribution in [2.24, 2.45) is 0 Å². The lowest BCUT2D eigenvalue weighted by molar-refractivity contribution is -0.148. The van der Waals surface area contributed by atoms with Crippen molar-refractivity contribution in [1.82, 2.24) is 0 Å². The summed E-state index contributed by atoms with van der Waals surface area (Å²) in [6, 6.07) is 0. The summed E-state index contributed by atoms with van der Waals surface area (Å²) in [4.78, 5) is 21.1. The van der Waals surface area contributed by atoms with Crippen molar-refractivity contribution in [1.29, 1.82) is 0 Å². The van der Waals surface area contributed by atoms with Crippen LogP contribution in [0.3, 0.4) is 0 Å². The number of rotatable bonds is 8. The molecule has 0 aromatic rings. The van der Waals surface area contributed by atoms with E-state index in [2.05, 4.69) is 9.47 Å². The Morgan fingerprint density at radius 3 is 2.00 bits per heavy atom. The van der Waals surface area contributed by atoms with Gasteiger partial charge in [0.25, 0.3) is 0 Å². The van der Waals surface area contributed by atoms with E-state index in [1.165, 1.54) is 7.11 Å². The van der Waals surface area contributed by atoms with Crippen LogP contribution in [0.25, 0.3) is 0 Å². The maximum atomic E-state index is 10.8. The smallest absolute Gasteiger partial charge is 0.308 e. The second-order valence-corrected chi connectivity index (χ2v) is 3.80. The molecule has 0 N–H and O–H groups in total. The highest BCUT2D eigenvalue weighted by molar-refractivity contribution is 5.69. The molecule has 0 unspecified atom stereocenters. The fourth-order valence-electron chi connectivity index (χ4n) is 0.909. The Balaban J connectivity index is 0. The van der Waals surface area contributed by atoms with Crippen LogP contribution in [0.2, 0.25) is 0 Å². The standard InChI is InChI=1S/C8H16O3.C5H10O3/c1-4-10-6-5-8(9)11-7(2)3;1-7-4-3-5(6)8-2/h7H,4-6H2,1-3H3;3-4H2,1-2H3. The molecule has 0 radical (unpaired) electrons. The molecule has 0 aliphatic heterocycles. The van der Waals surface area contributed by atoms with E-state index >= 15 is 0 Å². The van der Waals surface area contributed by atoms with Gasteiger partial charge in [0.15, 0.2) is 0 Å². The highest BCUT2D eigenvalue weighted by atomic mass is 16.5. The van der Waals surface area contributed by atoms with Gasteiger partial charge in [-0.1, -0.05) is 0 Å². The fraction of sp³-hybridized carbons (Fsp3) is 0.846. The summed E-state index contributed by atoms with van der Waals surface area (Å²) < 4.78 is 18.8. The molecule has 0 aromatic carbocycles. The van der Waals surface area contributed by atoms with Crippen LogP contribution < -0.4 is 0 Å². The van der Waals surface area contributed by atoms with Crippen LogP contribution in [0.15, 0.2) is 0 Å². The molecule has 0 atom stereocenters. The van der Waals surface area contributed by atoms with Gasteiger partial charge in [-0.15, -0.1) is 0 Å². The van der Waals surface area contributed by atoms with Gasteiger partial charge < -0.3 is 18.9 Å². The number of esters is 2. The van der Waals surface area contributed by atoms with Crippen molar-refractivity contribution >= 4 is 11.9 Å². The summed E-state index contributed by atoms with van der Waals surface area (Å²) in [5.74, 6) is -0.416. The van der Waals surface area contributed by atoms with Crippen LogP contribution >= 0.6 is 0 Å². The molecule has 0 aliphatic carbocycles. The van der Waals surface area contributed by atoms with E-state index in [1.807, 2.05) is 20.8 Å². The fourth-order valence-corrected chi connectivity index (χ4v) is 0.909. The zero-order valence-corrected chi connectivity index (χ0v) is 12.6. The Hall–Kier alpha value is -1.14. The van der Waals surface area contributed by atoms with Crippen LogP contribution in [0.5, 0.6) is 0 Å². The van der Waals surface area contributed by atoms with Crippen molar-refractivity contribution in [2.75, 3.05) is 34.0 Å². The average Bonchev–Trinajstić information content (AvgIpc) is 2.36. The molecule has 0 amide bonds. The molecule has 6 nitrogen and oxygen atoms in total. The molecule has 6 heteroatoms. The third kappa shape index (κ3) is 19.4. The van der Waals surface area contributed by atoms with Crippen LogP contribution in [-0.2, 0) is 28.5 Å². The maximum absolute atomic E-state index is 10.8. The van der Waals surface area contributed by atoms with E-state index in [1.54, 1.807) is 7.11 Å². The van der Waals surface area contributed by atoms with Gasteiger partial charge in [0, 0.05) is 13.7 Å². The Labute approximate surface area is 115 Å². The molecule has 0 heterocycles. The number of ether oxygens (including phenoxy) is 4. The van der Waals surface area contributed by atoms with Crippen LogP contribution in [0, 0.1) is 0 Å². The third-order valence-corrected chi connectivity index (χ3v) is 1.76. The number of hydrogen-bond donors (Lipinski definition) is 0. The summed E-state index contributed by atoms with van der Waals surface area (Å²) in [5.41, 5.74) is 0. The van der Waals surface area contributed by atoms with E-state index in [0.29, 0.717) is 32.7 Å². The monoisotopic (exact) mass is 278 g/mol. The van der Waals surface area contributed by atoms with Gasteiger partial charge in [-0.3, -0.25) is 9.59 Å². The van der Waals surface area contributed by atoms with Crippen LogP contribution in [-0.4, -0.2) is 52.1 Å². The summed E-state index contributed by atoms with van der Waals surface area (Å²) in [5, 5.41) is 0. The average molecular weight is 278 g/mol. The molecule has 114 valence electrons. The molecule has 19 heavy (non-hydrogen) atoms. The maximum Gasteiger partial charge on any atom is 0.308 e. The molecule has 0 aliphatic rings. The van der Waals surface area contributed by atoms with Crippen molar-refractivity contribution < 1.29 is 28.5 Å². The third-order valence-electron chi connectivity index (χ3n) is 1.76. The Morgan fingerprint density at radius 2 is 1.58 bits per heavy atom. The quantitative estimate of drug-likeness (QED) is 0.495. The second-order valence-electron chi connectivity index (χ2n) is 3.80. The van der Waals surface area contributed by atoms with Crippen LogP contribution in [0.1, 0.15) is 33.6 Å². The first kappa shape index (κ1) is 20.2. The van der Waals surface area contributed by atoms with Gasteiger partial charge in [0.05, 0.1) is 39.3 Å². The molecule has 0 rings (SSSR count). The Morgan fingerprint density at radius 1 is 1.00 bits per heavy atom. The van der Waals surface area contributed by atoms with Crippen molar-refractivity contribution in [3.8, 4) is 0 Å². The molecule has 0 saturated carbocycles. The minimum Gasteiger partial charge on any atom is -0.469 e. The zero-order valence-electron chi connectivity index (χ0n) is 12.6. The molecular formula is C13H26O6. The number of carbonyl (C=O) groups is 2. The molecule has 0 spiro atoms. The topological polar surface area (TPSA) is 71.1 Å². The van der Waals surface area contributed by atoms with E-state index in [-0.39, 0.29) is 18.0 Å². The molecule has 0 fully saturated rings. The Kier molecular flexibility index (Phi) is 15.8.